The summed E-state index contributed by atoms with van der Waals surface area (Å²) in [4.78, 5) is 25.8. The van der Waals surface area contributed by atoms with E-state index in [9.17, 15) is 9.59 Å². The molecule has 3 rings (SSSR count). The molecule has 1 aliphatic heterocycles. The third kappa shape index (κ3) is 4.45. The highest BCUT2D eigenvalue weighted by Gasteiger charge is 2.21. The lowest BCUT2D eigenvalue weighted by Crippen LogP contribution is -2.23. The fourth-order valence-electron chi connectivity index (χ4n) is 3.01. The minimum Gasteiger partial charge on any atom is -0.380 e. The number of benzene rings is 2. The fourth-order valence-corrected chi connectivity index (χ4v) is 3.01. The van der Waals surface area contributed by atoms with Crippen molar-refractivity contribution in [3.8, 4) is 0 Å². The summed E-state index contributed by atoms with van der Waals surface area (Å²) < 4.78 is 5.10. The normalized spacial score (nSPS) is 14.0. The SMILES string of the molecule is COCc1cccc(NC(=O)Cc2ccc(N3CCCC3=O)cc2)c1. The summed E-state index contributed by atoms with van der Waals surface area (Å²) in [6, 6.07) is 15.2. The Kier molecular flexibility index (Phi) is 5.46. The number of carbonyl (C=O) groups excluding carboxylic acids is 2. The van der Waals surface area contributed by atoms with Crippen LogP contribution in [0.3, 0.4) is 0 Å². The predicted octanol–water partition coefficient (Wildman–Crippen LogP) is 3.14. The number of anilines is 2. The van der Waals surface area contributed by atoms with Crippen LogP contribution < -0.4 is 10.2 Å². The van der Waals surface area contributed by atoms with Gasteiger partial charge >= 0.3 is 0 Å². The predicted molar refractivity (Wildman–Crippen MR) is 97.5 cm³/mol. The molecule has 2 aromatic rings. The molecule has 5 heteroatoms. The monoisotopic (exact) mass is 338 g/mol. The highest BCUT2D eigenvalue weighted by atomic mass is 16.5. The lowest BCUT2D eigenvalue weighted by Gasteiger charge is -2.16. The maximum Gasteiger partial charge on any atom is 0.228 e. The number of rotatable bonds is 6. The van der Waals surface area contributed by atoms with Crippen LogP contribution in [0, 0.1) is 0 Å². The Morgan fingerprint density at radius 2 is 1.96 bits per heavy atom. The number of methoxy groups -OCH3 is 1. The minimum absolute atomic E-state index is 0.0698. The molecular weight excluding hydrogens is 316 g/mol. The van der Waals surface area contributed by atoms with Crippen LogP contribution >= 0.6 is 0 Å². The van der Waals surface area contributed by atoms with Crippen molar-refractivity contribution in [1.29, 1.82) is 0 Å². The van der Waals surface area contributed by atoms with Gasteiger partial charge in [0, 0.05) is 31.5 Å². The largest absolute Gasteiger partial charge is 0.380 e. The maximum atomic E-state index is 12.2. The smallest absolute Gasteiger partial charge is 0.228 e. The van der Waals surface area contributed by atoms with Crippen molar-refractivity contribution in [3.63, 3.8) is 0 Å². The first-order chi connectivity index (χ1) is 12.2. The highest BCUT2D eigenvalue weighted by molar-refractivity contribution is 5.95. The second-order valence-corrected chi connectivity index (χ2v) is 6.17. The molecule has 2 amide bonds. The summed E-state index contributed by atoms with van der Waals surface area (Å²) in [5.41, 5.74) is 3.60. The Labute approximate surface area is 147 Å². The van der Waals surface area contributed by atoms with Gasteiger partial charge in [-0.15, -0.1) is 0 Å². The first-order valence-corrected chi connectivity index (χ1v) is 8.43. The molecule has 0 atom stereocenters. The van der Waals surface area contributed by atoms with Gasteiger partial charge in [-0.05, 0) is 41.8 Å². The van der Waals surface area contributed by atoms with Crippen molar-refractivity contribution in [2.75, 3.05) is 23.9 Å². The summed E-state index contributed by atoms with van der Waals surface area (Å²) in [5.74, 6) is 0.0981. The van der Waals surface area contributed by atoms with E-state index in [0.29, 0.717) is 19.4 Å². The number of nitrogens with zero attached hydrogens (tertiary/aromatic N) is 1. The summed E-state index contributed by atoms with van der Waals surface area (Å²) in [6.45, 7) is 1.29. The molecule has 1 fully saturated rings. The van der Waals surface area contributed by atoms with Crippen molar-refractivity contribution >= 4 is 23.2 Å². The van der Waals surface area contributed by atoms with Gasteiger partial charge in [0.2, 0.25) is 11.8 Å². The third-order valence-electron chi connectivity index (χ3n) is 4.21. The molecule has 0 aliphatic carbocycles. The van der Waals surface area contributed by atoms with Crippen LogP contribution in [0.25, 0.3) is 0 Å². The molecule has 2 aromatic carbocycles. The van der Waals surface area contributed by atoms with Crippen molar-refractivity contribution in [3.05, 3.63) is 59.7 Å². The van der Waals surface area contributed by atoms with E-state index < -0.39 is 0 Å². The van der Waals surface area contributed by atoms with Crippen LogP contribution in [-0.2, 0) is 27.4 Å². The molecule has 0 unspecified atom stereocenters. The Hall–Kier alpha value is -2.66. The van der Waals surface area contributed by atoms with E-state index >= 15 is 0 Å². The average molecular weight is 338 g/mol. The number of hydrogen-bond donors (Lipinski definition) is 1. The van der Waals surface area contributed by atoms with Gasteiger partial charge in [-0.1, -0.05) is 24.3 Å². The van der Waals surface area contributed by atoms with E-state index in [-0.39, 0.29) is 11.8 Å². The first kappa shape index (κ1) is 17.2. The Bertz CT molecular complexity index is 756. The molecule has 0 saturated carbocycles. The van der Waals surface area contributed by atoms with Gasteiger partial charge in [-0.3, -0.25) is 9.59 Å². The van der Waals surface area contributed by atoms with E-state index in [1.807, 2.05) is 48.5 Å². The summed E-state index contributed by atoms with van der Waals surface area (Å²) in [5, 5.41) is 2.91. The molecule has 0 aromatic heterocycles. The van der Waals surface area contributed by atoms with E-state index in [1.165, 1.54) is 0 Å². The van der Waals surface area contributed by atoms with Crippen LogP contribution in [0.1, 0.15) is 24.0 Å². The highest BCUT2D eigenvalue weighted by Crippen LogP contribution is 2.22. The molecule has 0 spiro atoms. The van der Waals surface area contributed by atoms with Crippen LogP contribution in [0.2, 0.25) is 0 Å². The Balaban J connectivity index is 1.59. The minimum atomic E-state index is -0.0698. The van der Waals surface area contributed by atoms with Crippen LogP contribution in [-0.4, -0.2) is 25.5 Å². The molecule has 5 nitrogen and oxygen atoms in total. The third-order valence-corrected chi connectivity index (χ3v) is 4.21. The second kappa shape index (κ2) is 7.94. The van der Waals surface area contributed by atoms with Crippen molar-refractivity contribution in [2.45, 2.75) is 25.9 Å². The summed E-state index contributed by atoms with van der Waals surface area (Å²) in [7, 11) is 1.64. The summed E-state index contributed by atoms with van der Waals surface area (Å²) in [6.07, 6.45) is 1.82. The topological polar surface area (TPSA) is 58.6 Å². The van der Waals surface area contributed by atoms with Crippen molar-refractivity contribution in [1.82, 2.24) is 0 Å². The van der Waals surface area contributed by atoms with Crippen LogP contribution in [0.15, 0.2) is 48.5 Å². The number of hydrogen-bond acceptors (Lipinski definition) is 3. The molecular formula is C20H22N2O3. The van der Waals surface area contributed by atoms with Gasteiger partial charge in [0.05, 0.1) is 13.0 Å². The van der Waals surface area contributed by atoms with Crippen LogP contribution in [0.4, 0.5) is 11.4 Å². The molecule has 1 N–H and O–H groups in total. The second-order valence-electron chi connectivity index (χ2n) is 6.17. The quantitative estimate of drug-likeness (QED) is 0.880. The Morgan fingerprint density at radius 1 is 1.16 bits per heavy atom. The molecule has 1 aliphatic rings. The lowest BCUT2D eigenvalue weighted by molar-refractivity contribution is -0.117. The maximum absolute atomic E-state index is 12.2. The number of carbonyl (C=O) groups is 2. The molecule has 0 bridgehead atoms. The average Bonchev–Trinajstić information content (AvgIpc) is 3.02. The summed E-state index contributed by atoms with van der Waals surface area (Å²) >= 11 is 0. The van der Waals surface area contributed by atoms with Crippen molar-refractivity contribution < 1.29 is 14.3 Å². The zero-order valence-corrected chi connectivity index (χ0v) is 14.3. The van der Waals surface area contributed by atoms with E-state index in [0.717, 1.165) is 35.5 Å². The van der Waals surface area contributed by atoms with E-state index in [2.05, 4.69) is 5.32 Å². The van der Waals surface area contributed by atoms with Crippen LogP contribution in [0.5, 0.6) is 0 Å². The van der Waals surface area contributed by atoms with E-state index in [1.54, 1.807) is 12.0 Å². The lowest BCUT2D eigenvalue weighted by atomic mass is 10.1. The van der Waals surface area contributed by atoms with E-state index in [4.69, 9.17) is 4.74 Å². The van der Waals surface area contributed by atoms with Crippen molar-refractivity contribution in [2.24, 2.45) is 0 Å². The Morgan fingerprint density at radius 3 is 2.64 bits per heavy atom. The molecule has 130 valence electrons. The van der Waals surface area contributed by atoms with Gasteiger partial charge < -0.3 is 15.0 Å². The molecule has 0 radical (unpaired) electrons. The zero-order valence-electron chi connectivity index (χ0n) is 14.3. The van der Waals surface area contributed by atoms with Gasteiger partial charge in [0.25, 0.3) is 0 Å². The number of nitrogens with one attached hydrogen (secondary N) is 1. The van der Waals surface area contributed by atoms with Gasteiger partial charge in [0.1, 0.15) is 0 Å². The molecule has 25 heavy (non-hydrogen) atoms. The molecule has 1 saturated heterocycles. The van der Waals surface area contributed by atoms with Gasteiger partial charge in [0.15, 0.2) is 0 Å². The zero-order chi connectivity index (χ0) is 17.6. The number of amides is 2. The fraction of sp³-hybridized carbons (Fsp3) is 0.300. The molecule has 1 heterocycles. The van der Waals surface area contributed by atoms with Gasteiger partial charge in [-0.2, -0.15) is 0 Å². The standard InChI is InChI=1S/C20H22N2O3/c1-25-14-16-4-2-5-17(12-16)21-19(23)13-15-7-9-18(10-8-15)22-11-3-6-20(22)24/h2,4-5,7-10,12H,3,6,11,13-14H2,1H3,(H,21,23). The number of ether oxygens (including phenoxy) is 1. The van der Waals surface area contributed by atoms with Gasteiger partial charge in [-0.25, -0.2) is 0 Å². The first-order valence-electron chi connectivity index (χ1n) is 8.43.